The molecule has 1 aromatic carbocycles. The number of benzene rings is 1. The Morgan fingerprint density at radius 1 is 1.12 bits per heavy atom. The summed E-state index contributed by atoms with van der Waals surface area (Å²) in [4.78, 5) is 0. The van der Waals surface area contributed by atoms with Crippen LogP contribution >= 0.6 is 0 Å². The van der Waals surface area contributed by atoms with E-state index in [2.05, 4.69) is 25.0 Å². The third kappa shape index (κ3) is 3.23. The van der Waals surface area contributed by atoms with E-state index in [1.54, 1.807) is 0 Å². The molecule has 0 heterocycles. The van der Waals surface area contributed by atoms with Crippen molar-refractivity contribution >= 4 is 0 Å². The molecule has 0 nitrogen and oxygen atoms in total. The van der Waals surface area contributed by atoms with Crippen molar-refractivity contribution in [3.8, 4) is 5.92 Å². The van der Waals surface area contributed by atoms with Crippen molar-refractivity contribution in [2.45, 2.75) is 51.4 Å². The first kappa shape index (κ1) is 12.5. The summed E-state index contributed by atoms with van der Waals surface area (Å²) >= 11 is 0. The molecule has 1 aliphatic rings. The van der Waals surface area contributed by atoms with Crippen LogP contribution < -0.4 is 0 Å². The zero-order valence-corrected chi connectivity index (χ0v) is 10.7. The van der Waals surface area contributed by atoms with Gasteiger partial charge in [-0.25, -0.2) is 0 Å². The van der Waals surface area contributed by atoms with Gasteiger partial charge in [-0.2, -0.15) is 0 Å². The first-order chi connectivity index (χ1) is 8.33. The second-order valence-corrected chi connectivity index (χ2v) is 5.25. The van der Waals surface area contributed by atoms with Crippen LogP contribution in [-0.4, -0.2) is 0 Å². The van der Waals surface area contributed by atoms with Crippen LogP contribution in [0.5, 0.6) is 0 Å². The molecule has 2 rings (SSSR count). The van der Waals surface area contributed by atoms with Crippen molar-refractivity contribution in [1.29, 1.82) is 0 Å². The van der Waals surface area contributed by atoms with E-state index in [-0.39, 0.29) is 0 Å². The second kappa shape index (κ2) is 6.07. The normalized spacial score (nSPS) is 24.4. The molecule has 0 atom stereocenters. The zero-order valence-electron chi connectivity index (χ0n) is 10.7. The summed E-state index contributed by atoms with van der Waals surface area (Å²) in [6, 6.07) is 8.39. The predicted molar refractivity (Wildman–Crippen MR) is 72.3 cm³/mol. The molecule has 0 aliphatic heterocycles. The van der Waals surface area contributed by atoms with Crippen molar-refractivity contribution in [3.63, 3.8) is 0 Å². The SMILES string of the molecule is [C+]#Cc1ccc(C2CCC(CCC)CC2)cc1. The fourth-order valence-electron chi connectivity index (χ4n) is 3.03. The van der Waals surface area contributed by atoms with E-state index in [1.807, 2.05) is 12.1 Å². The van der Waals surface area contributed by atoms with Gasteiger partial charge in [-0.1, -0.05) is 0 Å². The summed E-state index contributed by atoms with van der Waals surface area (Å²) in [5, 5.41) is 0. The van der Waals surface area contributed by atoms with Crippen LogP contribution in [0.1, 0.15) is 62.5 Å². The van der Waals surface area contributed by atoms with Crippen LogP contribution in [0.3, 0.4) is 0 Å². The minimum absolute atomic E-state index is 0.753. The van der Waals surface area contributed by atoms with E-state index in [9.17, 15) is 0 Å². The molecule has 17 heavy (non-hydrogen) atoms. The second-order valence-electron chi connectivity index (χ2n) is 5.25. The van der Waals surface area contributed by atoms with Gasteiger partial charge < -0.3 is 0 Å². The molecule has 0 N–H and O–H groups in total. The van der Waals surface area contributed by atoms with Gasteiger partial charge in [-0.05, 0) is 0 Å². The monoisotopic (exact) mass is 225 g/mol. The molecule has 0 bridgehead atoms. The minimum atomic E-state index is 0.753. The van der Waals surface area contributed by atoms with Crippen LogP contribution in [0.2, 0.25) is 0 Å². The van der Waals surface area contributed by atoms with E-state index in [4.69, 9.17) is 6.42 Å². The molecule has 0 spiro atoms. The summed E-state index contributed by atoms with van der Waals surface area (Å²) in [6.07, 6.45) is 15.3. The van der Waals surface area contributed by atoms with Gasteiger partial charge in [0.25, 0.3) is 0 Å². The summed E-state index contributed by atoms with van der Waals surface area (Å²) in [6.45, 7) is 2.29. The molecule has 0 aromatic heterocycles. The van der Waals surface area contributed by atoms with Gasteiger partial charge in [0.05, 0.1) is 0 Å². The van der Waals surface area contributed by atoms with E-state index in [1.165, 1.54) is 44.1 Å². The Morgan fingerprint density at radius 2 is 1.76 bits per heavy atom. The Morgan fingerprint density at radius 3 is 2.29 bits per heavy atom. The van der Waals surface area contributed by atoms with Crippen molar-refractivity contribution in [2.24, 2.45) is 5.92 Å². The first-order valence-corrected chi connectivity index (χ1v) is 6.86. The third-order valence-electron chi connectivity index (χ3n) is 4.07. The van der Waals surface area contributed by atoms with Gasteiger partial charge in [0, 0.05) is 0 Å². The maximum absolute atomic E-state index is 7.08. The van der Waals surface area contributed by atoms with E-state index < -0.39 is 0 Å². The molecule has 0 unspecified atom stereocenters. The van der Waals surface area contributed by atoms with Gasteiger partial charge >= 0.3 is 105 Å². The van der Waals surface area contributed by atoms with Gasteiger partial charge in [-0.15, -0.1) is 0 Å². The quantitative estimate of drug-likeness (QED) is 0.517. The number of rotatable bonds is 3. The van der Waals surface area contributed by atoms with Crippen molar-refractivity contribution in [3.05, 3.63) is 41.8 Å². The fraction of sp³-hybridized carbons (Fsp3) is 0.529. The van der Waals surface area contributed by atoms with Crippen LogP contribution in [0, 0.1) is 18.3 Å². The molecular formula is C17H21+. The Hall–Kier alpha value is -1.00. The predicted octanol–water partition coefficient (Wildman–Crippen LogP) is 4.70. The van der Waals surface area contributed by atoms with Gasteiger partial charge in [0.15, 0.2) is 0 Å². The molecule has 1 fully saturated rings. The molecule has 0 radical (unpaired) electrons. The van der Waals surface area contributed by atoms with E-state index >= 15 is 0 Å². The summed E-state index contributed by atoms with van der Waals surface area (Å²) < 4.78 is 0. The Bertz CT molecular complexity index is 371. The van der Waals surface area contributed by atoms with E-state index in [0.717, 1.165) is 17.4 Å². The average Bonchev–Trinajstić information content (AvgIpc) is 2.40. The van der Waals surface area contributed by atoms with E-state index in [0.29, 0.717) is 0 Å². The first-order valence-electron chi connectivity index (χ1n) is 6.86. The molecule has 0 amide bonds. The fourth-order valence-corrected chi connectivity index (χ4v) is 3.03. The van der Waals surface area contributed by atoms with Gasteiger partial charge in [0.2, 0.25) is 0 Å². The van der Waals surface area contributed by atoms with Crippen molar-refractivity contribution < 1.29 is 0 Å². The maximum atomic E-state index is 7.08. The zero-order chi connectivity index (χ0) is 12.1. The number of hydrogen-bond acceptors (Lipinski definition) is 0. The van der Waals surface area contributed by atoms with Crippen LogP contribution in [0.25, 0.3) is 0 Å². The van der Waals surface area contributed by atoms with Crippen molar-refractivity contribution in [1.82, 2.24) is 0 Å². The molecule has 1 aliphatic carbocycles. The molecule has 1 aromatic rings. The third-order valence-corrected chi connectivity index (χ3v) is 4.07. The Kier molecular flexibility index (Phi) is 4.45. The molecule has 0 heteroatoms. The average molecular weight is 225 g/mol. The molecule has 1 saturated carbocycles. The Balaban J connectivity index is 1.94. The Labute approximate surface area is 105 Å². The van der Waals surface area contributed by atoms with Crippen LogP contribution in [0.4, 0.5) is 0 Å². The standard InChI is InChI=1S/C17H21/c1-3-5-15-8-12-17(13-9-15)16-10-6-14(4-2)7-11-16/h6-7,10-11,15,17H,3,5,8-9,12-13H2,1H3/q+1. The summed E-state index contributed by atoms with van der Waals surface area (Å²) in [5.74, 6) is 4.16. The number of hydrogen-bond donors (Lipinski definition) is 0. The van der Waals surface area contributed by atoms with Crippen LogP contribution in [0.15, 0.2) is 24.3 Å². The van der Waals surface area contributed by atoms with Gasteiger partial charge in [0.1, 0.15) is 0 Å². The van der Waals surface area contributed by atoms with Gasteiger partial charge in [-0.3, -0.25) is 0 Å². The molecule has 88 valence electrons. The van der Waals surface area contributed by atoms with Crippen LogP contribution in [-0.2, 0) is 0 Å². The van der Waals surface area contributed by atoms with Crippen molar-refractivity contribution in [2.75, 3.05) is 0 Å². The molecule has 0 saturated heterocycles. The summed E-state index contributed by atoms with van der Waals surface area (Å²) in [5.41, 5.74) is 2.34. The summed E-state index contributed by atoms with van der Waals surface area (Å²) in [7, 11) is 0. The molecular weight excluding hydrogens is 204 g/mol. The topological polar surface area (TPSA) is 0 Å².